The van der Waals surface area contributed by atoms with Gasteiger partial charge in [-0.1, -0.05) is 6.07 Å². The van der Waals surface area contributed by atoms with E-state index in [0.717, 1.165) is 12.8 Å². The third kappa shape index (κ3) is 3.59. The third-order valence-corrected chi connectivity index (χ3v) is 5.32. The van der Waals surface area contributed by atoms with Crippen molar-refractivity contribution in [1.82, 2.24) is 4.90 Å². The first kappa shape index (κ1) is 17.7. The second-order valence-electron chi connectivity index (χ2n) is 6.31. The molecule has 9 heteroatoms. The Morgan fingerprint density at radius 2 is 2.00 bits per heavy atom. The summed E-state index contributed by atoms with van der Waals surface area (Å²) in [5.41, 5.74) is 0.300. The molecule has 1 atom stereocenters. The number of thiophene rings is 1. The lowest BCUT2D eigenvalue weighted by Gasteiger charge is -2.34. The number of carbonyl (C=O) groups excluding carboxylic acids is 2. The lowest BCUT2D eigenvalue weighted by atomic mass is 10.0. The lowest BCUT2D eigenvalue weighted by Crippen LogP contribution is -2.49. The van der Waals surface area contributed by atoms with Gasteiger partial charge in [0.25, 0.3) is 5.91 Å². The van der Waals surface area contributed by atoms with Gasteiger partial charge in [-0.15, -0.1) is 20.1 Å². The normalized spacial score (nSPS) is 20.4. The molecule has 2 aliphatic heterocycles. The first-order valence-electron chi connectivity index (χ1n) is 8.48. The molecule has 0 bridgehead atoms. The van der Waals surface area contributed by atoms with Gasteiger partial charge < -0.3 is 19.7 Å². The van der Waals surface area contributed by atoms with Crippen LogP contribution in [0, 0.1) is 0 Å². The molecule has 1 saturated heterocycles. The second-order valence-corrected chi connectivity index (χ2v) is 7.25. The van der Waals surface area contributed by atoms with Crippen LogP contribution in [0.15, 0.2) is 35.7 Å². The van der Waals surface area contributed by atoms with E-state index >= 15 is 0 Å². The van der Waals surface area contributed by atoms with E-state index in [0.29, 0.717) is 23.5 Å². The van der Waals surface area contributed by atoms with Crippen molar-refractivity contribution in [3.63, 3.8) is 0 Å². The number of nitrogens with zero attached hydrogens (tertiary/aromatic N) is 1. The fourth-order valence-corrected chi connectivity index (χ4v) is 3.92. The number of amides is 2. The Labute approximate surface area is 157 Å². The molecule has 6 nitrogen and oxygen atoms in total. The zero-order valence-electron chi connectivity index (χ0n) is 14.1. The number of alkyl halides is 2. The average Bonchev–Trinajstić information content (AvgIpc) is 3.27. The Kier molecular flexibility index (Phi) is 4.47. The van der Waals surface area contributed by atoms with Crippen molar-refractivity contribution >= 4 is 28.8 Å². The molecule has 27 heavy (non-hydrogen) atoms. The van der Waals surface area contributed by atoms with Crippen LogP contribution >= 0.6 is 11.3 Å². The van der Waals surface area contributed by atoms with E-state index in [1.54, 1.807) is 17.0 Å². The molecule has 1 aromatic carbocycles. The quantitative estimate of drug-likeness (QED) is 0.862. The molecule has 0 spiro atoms. The number of nitrogens with one attached hydrogen (secondary N) is 1. The lowest BCUT2D eigenvalue weighted by molar-refractivity contribution is -0.286. The van der Waals surface area contributed by atoms with Crippen LogP contribution in [0.5, 0.6) is 11.5 Å². The van der Waals surface area contributed by atoms with Gasteiger partial charge in [-0.2, -0.15) is 0 Å². The number of halogens is 2. The summed E-state index contributed by atoms with van der Waals surface area (Å²) in [6.07, 6.45) is -1.50. The van der Waals surface area contributed by atoms with Crippen LogP contribution in [0.2, 0.25) is 0 Å². The molecule has 4 rings (SSSR count). The van der Waals surface area contributed by atoms with Gasteiger partial charge in [0.1, 0.15) is 6.04 Å². The molecule has 2 aliphatic rings. The number of carbonyl (C=O) groups is 2. The van der Waals surface area contributed by atoms with Crippen molar-refractivity contribution in [3.05, 3.63) is 40.6 Å². The molecule has 2 aromatic rings. The van der Waals surface area contributed by atoms with Gasteiger partial charge >= 0.3 is 6.29 Å². The number of hydrogen-bond acceptors (Lipinski definition) is 5. The van der Waals surface area contributed by atoms with Crippen molar-refractivity contribution in [3.8, 4) is 11.5 Å². The third-order valence-electron chi connectivity index (χ3n) is 4.47. The first-order chi connectivity index (χ1) is 12.9. The molecular weight excluding hydrogens is 378 g/mol. The van der Waals surface area contributed by atoms with Gasteiger partial charge in [0, 0.05) is 18.3 Å². The van der Waals surface area contributed by atoms with Gasteiger partial charge in [-0.3, -0.25) is 9.59 Å². The molecule has 0 unspecified atom stereocenters. The predicted molar refractivity (Wildman–Crippen MR) is 94.3 cm³/mol. The van der Waals surface area contributed by atoms with E-state index in [-0.39, 0.29) is 23.3 Å². The summed E-state index contributed by atoms with van der Waals surface area (Å²) >= 11 is 1.33. The first-order valence-corrected chi connectivity index (χ1v) is 9.36. The highest BCUT2D eigenvalue weighted by atomic mass is 32.1. The number of rotatable bonds is 3. The molecule has 0 radical (unpaired) electrons. The number of ether oxygens (including phenoxy) is 2. The highest BCUT2D eigenvalue weighted by molar-refractivity contribution is 7.12. The maximum Gasteiger partial charge on any atom is 0.586 e. The average molecular weight is 394 g/mol. The van der Waals surface area contributed by atoms with E-state index in [4.69, 9.17) is 0 Å². The van der Waals surface area contributed by atoms with Gasteiger partial charge in [-0.25, -0.2) is 0 Å². The summed E-state index contributed by atoms with van der Waals surface area (Å²) in [5, 5.41) is 4.50. The monoisotopic (exact) mass is 394 g/mol. The summed E-state index contributed by atoms with van der Waals surface area (Å²) in [7, 11) is 0. The second kappa shape index (κ2) is 6.80. The summed E-state index contributed by atoms with van der Waals surface area (Å²) in [4.78, 5) is 27.6. The van der Waals surface area contributed by atoms with Crippen LogP contribution in [-0.4, -0.2) is 35.6 Å². The van der Waals surface area contributed by atoms with Gasteiger partial charge in [0.2, 0.25) is 5.91 Å². The smallest absolute Gasteiger partial charge is 0.395 e. The molecule has 1 aromatic heterocycles. The van der Waals surface area contributed by atoms with E-state index in [1.807, 2.05) is 5.38 Å². The Bertz CT molecular complexity index is 872. The van der Waals surface area contributed by atoms with Crippen molar-refractivity contribution in [2.75, 3.05) is 11.9 Å². The summed E-state index contributed by atoms with van der Waals surface area (Å²) in [6.45, 7) is 0.502. The number of piperidine rings is 1. The molecular formula is C18H16F2N2O4S. The highest BCUT2D eigenvalue weighted by Gasteiger charge is 2.43. The predicted octanol–water partition coefficient (Wildman–Crippen LogP) is 3.70. The standard InChI is InChI=1S/C18H16F2N2O4S/c19-18(20)25-13-7-6-11(10-14(13)26-18)21-16(23)12-4-1-2-8-22(12)17(24)15-5-3-9-27-15/h3,5-7,9-10,12H,1-2,4,8H2,(H,21,23)/t12-/m1/s1. The Balaban J connectivity index is 1.49. The molecule has 142 valence electrons. The van der Waals surface area contributed by atoms with E-state index < -0.39 is 12.3 Å². The molecule has 0 aliphatic carbocycles. The van der Waals surface area contributed by atoms with E-state index in [1.165, 1.54) is 29.5 Å². The number of hydrogen-bond donors (Lipinski definition) is 1. The molecule has 3 heterocycles. The van der Waals surface area contributed by atoms with E-state index in [9.17, 15) is 18.4 Å². The van der Waals surface area contributed by atoms with Crippen LogP contribution in [0.25, 0.3) is 0 Å². The molecule has 2 amide bonds. The zero-order valence-corrected chi connectivity index (χ0v) is 14.9. The topological polar surface area (TPSA) is 67.9 Å². The van der Waals surface area contributed by atoms with Gasteiger partial charge in [-0.05, 0) is 42.8 Å². The number of anilines is 1. The van der Waals surface area contributed by atoms with Crippen molar-refractivity contribution in [2.45, 2.75) is 31.6 Å². The van der Waals surface area contributed by atoms with Gasteiger partial charge in [0.05, 0.1) is 4.88 Å². The maximum absolute atomic E-state index is 13.1. The Morgan fingerprint density at radius 1 is 1.19 bits per heavy atom. The number of likely N-dealkylation sites (tertiary alicyclic amines) is 1. The minimum Gasteiger partial charge on any atom is -0.395 e. The molecule has 1 fully saturated rings. The Morgan fingerprint density at radius 3 is 2.78 bits per heavy atom. The van der Waals surface area contributed by atoms with Crippen LogP contribution in [0.4, 0.5) is 14.5 Å². The summed E-state index contributed by atoms with van der Waals surface area (Å²) in [6, 6.07) is 6.95. The minimum atomic E-state index is -3.71. The van der Waals surface area contributed by atoms with Crippen molar-refractivity contribution < 1.29 is 27.8 Å². The molecule has 1 N–H and O–H groups in total. The van der Waals surface area contributed by atoms with E-state index in [2.05, 4.69) is 14.8 Å². The molecule has 0 saturated carbocycles. The number of fused-ring (bicyclic) bond motifs is 1. The fraction of sp³-hybridized carbons (Fsp3) is 0.333. The minimum absolute atomic E-state index is 0.0924. The van der Waals surface area contributed by atoms with Crippen LogP contribution < -0.4 is 14.8 Å². The maximum atomic E-state index is 13.1. The van der Waals surface area contributed by atoms with Gasteiger partial charge in [0.15, 0.2) is 11.5 Å². The highest BCUT2D eigenvalue weighted by Crippen LogP contribution is 2.42. The SMILES string of the molecule is O=C(Nc1ccc2c(c1)OC(F)(F)O2)[C@H]1CCCCN1C(=O)c1cccs1. The largest absolute Gasteiger partial charge is 0.586 e. The van der Waals surface area contributed by atoms with Crippen LogP contribution in [-0.2, 0) is 4.79 Å². The summed E-state index contributed by atoms with van der Waals surface area (Å²) < 4.78 is 35.0. The fourth-order valence-electron chi connectivity index (χ4n) is 3.24. The summed E-state index contributed by atoms with van der Waals surface area (Å²) in [5.74, 6) is -0.765. The zero-order chi connectivity index (χ0) is 19.0. The van der Waals surface area contributed by atoms with Crippen molar-refractivity contribution in [1.29, 1.82) is 0 Å². The number of benzene rings is 1. The Hall–Kier alpha value is -2.68. The van der Waals surface area contributed by atoms with Crippen molar-refractivity contribution in [2.24, 2.45) is 0 Å². The van der Waals surface area contributed by atoms with Crippen LogP contribution in [0.3, 0.4) is 0 Å². The van der Waals surface area contributed by atoms with Crippen LogP contribution in [0.1, 0.15) is 28.9 Å².